The first-order valence-electron chi connectivity index (χ1n) is 12.2. The van der Waals surface area contributed by atoms with Gasteiger partial charge in [-0.2, -0.15) is 9.65 Å². The molecule has 0 amide bonds. The lowest BCUT2D eigenvalue weighted by Crippen LogP contribution is -2.20. The number of nitrogens with one attached hydrogen (secondary N) is 2. The molecule has 204 valence electrons. The van der Waals surface area contributed by atoms with Crippen LogP contribution in [0.5, 0.6) is 0 Å². The minimum Gasteiger partial charge on any atom is -0.383 e. The Kier molecular flexibility index (Phi) is 8.25. The Morgan fingerprint density at radius 2 is 1.92 bits per heavy atom. The highest BCUT2D eigenvalue weighted by atomic mass is 35.5. The molecule has 0 aliphatic heterocycles. The highest BCUT2D eigenvalue weighted by Crippen LogP contribution is 2.36. The molecule has 0 bridgehead atoms. The van der Waals surface area contributed by atoms with Gasteiger partial charge in [0.25, 0.3) is 0 Å². The smallest absolute Gasteiger partial charge is 0.213 e. The monoisotopic (exact) mass is 556 g/mol. The van der Waals surface area contributed by atoms with Crippen molar-refractivity contribution in [1.82, 2.24) is 25.0 Å². The Balaban J connectivity index is 1.83. The van der Waals surface area contributed by atoms with E-state index >= 15 is 0 Å². The molecule has 8 nitrogen and oxygen atoms in total. The molecule has 0 aliphatic rings. The van der Waals surface area contributed by atoms with Crippen LogP contribution in [0.15, 0.2) is 36.7 Å². The fourth-order valence-electron chi connectivity index (χ4n) is 4.08. The van der Waals surface area contributed by atoms with Crippen LogP contribution < -0.4 is 10.6 Å². The summed E-state index contributed by atoms with van der Waals surface area (Å²) in [6.45, 7) is 6.55. The van der Waals surface area contributed by atoms with Crippen molar-refractivity contribution in [3.8, 4) is 6.07 Å². The van der Waals surface area contributed by atoms with Crippen LogP contribution in [-0.4, -0.2) is 44.9 Å². The molecule has 39 heavy (non-hydrogen) atoms. The standard InChI is InChI=1S/C27H28ClF3N8/c1-15-19(5-6-23(31)35-15)26(22-13-39(38-37-22)18(9-29)10-30)36-17-7-20-24(34-14-27(2,3)4)16(11-32)12-33-25(20)21(28)8-17/h5-8,12-13,18,26,36H,9-10,14H2,1-4H3,(H,33,34)/t26-/m0/s1. The van der Waals surface area contributed by atoms with Crippen molar-refractivity contribution < 1.29 is 13.2 Å². The fourth-order valence-corrected chi connectivity index (χ4v) is 4.35. The van der Waals surface area contributed by atoms with Crippen LogP contribution in [0.25, 0.3) is 10.9 Å². The Hall–Kier alpha value is -3.91. The van der Waals surface area contributed by atoms with Gasteiger partial charge in [0.05, 0.1) is 34.0 Å². The van der Waals surface area contributed by atoms with Crippen LogP contribution in [0.3, 0.4) is 0 Å². The van der Waals surface area contributed by atoms with Crippen molar-refractivity contribution in [2.45, 2.75) is 39.8 Å². The average Bonchev–Trinajstić information content (AvgIpc) is 3.36. The number of nitriles is 1. The third-order valence-electron chi connectivity index (χ3n) is 6.11. The van der Waals surface area contributed by atoms with Gasteiger partial charge in [0, 0.05) is 35.1 Å². The first-order valence-corrected chi connectivity index (χ1v) is 12.6. The summed E-state index contributed by atoms with van der Waals surface area (Å²) in [6.07, 6.45) is 2.92. The molecular formula is C27H28ClF3N8. The van der Waals surface area contributed by atoms with E-state index in [-0.39, 0.29) is 5.41 Å². The van der Waals surface area contributed by atoms with E-state index < -0.39 is 31.4 Å². The van der Waals surface area contributed by atoms with Gasteiger partial charge in [-0.05, 0) is 30.5 Å². The van der Waals surface area contributed by atoms with E-state index in [4.69, 9.17) is 11.6 Å². The second kappa shape index (κ2) is 11.5. The second-order valence-electron chi connectivity index (χ2n) is 10.4. The number of aryl methyl sites for hydroxylation is 1. The second-order valence-corrected chi connectivity index (χ2v) is 10.8. The van der Waals surface area contributed by atoms with Crippen molar-refractivity contribution in [2.75, 3.05) is 30.5 Å². The first-order chi connectivity index (χ1) is 18.5. The van der Waals surface area contributed by atoms with Gasteiger partial charge in [0.15, 0.2) is 0 Å². The lowest BCUT2D eigenvalue weighted by molar-refractivity contribution is 0.269. The van der Waals surface area contributed by atoms with Crippen LogP contribution in [0.1, 0.15) is 55.4 Å². The van der Waals surface area contributed by atoms with Crippen molar-refractivity contribution >= 4 is 33.9 Å². The number of hydrogen-bond donors (Lipinski definition) is 2. The summed E-state index contributed by atoms with van der Waals surface area (Å²) >= 11 is 6.64. The van der Waals surface area contributed by atoms with E-state index in [1.807, 2.05) is 0 Å². The maximum absolute atomic E-state index is 13.8. The maximum atomic E-state index is 13.8. The Bertz CT molecular complexity index is 1520. The Labute approximate surface area is 229 Å². The third kappa shape index (κ3) is 6.23. The molecule has 0 radical (unpaired) electrons. The molecule has 3 heterocycles. The molecule has 3 aromatic heterocycles. The van der Waals surface area contributed by atoms with Crippen LogP contribution in [-0.2, 0) is 0 Å². The SMILES string of the molecule is Cc1nc(F)ccc1[C@H](Nc1cc(Cl)c2ncc(C#N)c(NCC(C)(C)C)c2c1)c1cn(C(CF)CF)nn1. The summed E-state index contributed by atoms with van der Waals surface area (Å²) in [7, 11) is 0. The molecule has 4 rings (SSSR count). The van der Waals surface area contributed by atoms with E-state index in [0.29, 0.717) is 56.4 Å². The Morgan fingerprint density at radius 3 is 2.56 bits per heavy atom. The predicted octanol–water partition coefficient (Wildman–Crippen LogP) is 6.33. The molecule has 0 saturated carbocycles. The van der Waals surface area contributed by atoms with Crippen molar-refractivity contribution in [3.05, 3.63) is 70.1 Å². The van der Waals surface area contributed by atoms with Gasteiger partial charge in [-0.15, -0.1) is 5.10 Å². The molecule has 1 aromatic carbocycles. The van der Waals surface area contributed by atoms with E-state index in [2.05, 4.69) is 57.8 Å². The molecule has 2 N–H and O–H groups in total. The zero-order chi connectivity index (χ0) is 28.3. The summed E-state index contributed by atoms with van der Waals surface area (Å²) in [5.74, 6) is -0.646. The number of benzene rings is 1. The first kappa shape index (κ1) is 28.1. The predicted molar refractivity (Wildman–Crippen MR) is 145 cm³/mol. The molecule has 12 heteroatoms. The molecule has 0 fully saturated rings. The molecule has 0 unspecified atom stereocenters. The summed E-state index contributed by atoms with van der Waals surface area (Å²) in [6, 6.07) is 6.60. The van der Waals surface area contributed by atoms with Crippen molar-refractivity contribution in [2.24, 2.45) is 5.41 Å². The molecule has 0 aliphatic carbocycles. The van der Waals surface area contributed by atoms with E-state index in [1.165, 1.54) is 18.5 Å². The molecule has 4 aromatic rings. The normalized spacial score (nSPS) is 12.5. The van der Waals surface area contributed by atoms with Gasteiger partial charge in [0.1, 0.15) is 31.2 Å². The molecule has 0 saturated heterocycles. The van der Waals surface area contributed by atoms with Crippen LogP contribution in [0.2, 0.25) is 5.02 Å². The summed E-state index contributed by atoms with van der Waals surface area (Å²) in [5, 5.41) is 25.5. The van der Waals surface area contributed by atoms with E-state index in [9.17, 15) is 18.4 Å². The van der Waals surface area contributed by atoms with E-state index in [1.54, 1.807) is 25.1 Å². The lowest BCUT2D eigenvalue weighted by Gasteiger charge is -2.23. The largest absolute Gasteiger partial charge is 0.383 e. The highest BCUT2D eigenvalue weighted by Gasteiger charge is 2.24. The number of alkyl halides is 2. The Morgan fingerprint density at radius 1 is 1.18 bits per heavy atom. The number of hydrogen-bond acceptors (Lipinski definition) is 7. The minimum atomic E-state index is -1.11. The molecule has 1 atom stereocenters. The number of pyridine rings is 2. The summed E-state index contributed by atoms with van der Waals surface area (Å²) < 4.78 is 41.6. The zero-order valence-corrected chi connectivity index (χ0v) is 22.7. The van der Waals surface area contributed by atoms with Gasteiger partial charge in [-0.3, -0.25) is 4.98 Å². The zero-order valence-electron chi connectivity index (χ0n) is 21.9. The number of aromatic nitrogens is 5. The topological polar surface area (TPSA) is 104 Å². The fraction of sp³-hybridized carbons (Fsp3) is 0.370. The number of halogens is 4. The third-order valence-corrected chi connectivity index (χ3v) is 6.40. The number of fused-ring (bicyclic) bond motifs is 1. The summed E-state index contributed by atoms with van der Waals surface area (Å²) in [5.41, 5.74) is 3.25. The summed E-state index contributed by atoms with van der Waals surface area (Å²) in [4.78, 5) is 8.31. The van der Waals surface area contributed by atoms with Crippen molar-refractivity contribution in [3.63, 3.8) is 0 Å². The number of anilines is 2. The molecular weight excluding hydrogens is 529 g/mol. The van der Waals surface area contributed by atoms with Gasteiger partial charge in [0.2, 0.25) is 5.95 Å². The minimum absolute atomic E-state index is 0.0664. The van der Waals surface area contributed by atoms with Gasteiger partial charge < -0.3 is 10.6 Å². The van der Waals surface area contributed by atoms with Gasteiger partial charge >= 0.3 is 0 Å². The van der Waals surface area contributed by atoms with Crippen molar-refractivity contribution in [1.29, 1.82) is 5.26 Å². The lowest BCUT2D eigenvalue weighted by atomic mass is 9.96. The van der Waals surface area contributed by atoms with Crippen LogP contribution in [0, 0.1) is 29.6 Å². The van der Waals surface area contributed by atoms with E-state index in [0.717, 1.165) is 4.68 Å². The van der Waals surface area contributed by atoms with Gasteiger partial charge in [-0.1, -0.05) is 43.7 Å². The average molecular weight is 557 g/mol. The number of rotatable bonds is 9. The highest BCUT2D eigenvalue weighted by molar-refractivity contribution is 6.35. The number of nitrogens with zero attached hydrogens (tertiary/aromatic N) is 6. The quantitative estimate of drug-likeness (QED) is 0.232. The van der Waals surface area contributed by atoms with Gasteiger partial charge in [-0.25, -0.2) is 18.4 Å². The van der Waals surface area contributed by atoms with Crippen LogP contribution in [0.4, 0.5) is 24.5 Å². The maximum Gasteiger partial charge on any atom is 0.213 e. The molecule has 0 spiro atoms. The van der Waals surface area contributed by atoms with Crippen LogP contribution >= 0.6 is 11.6 Å².